The quantitative estimate of drug-likeness (QED) is 0.640. The lowest BCUT2D eigenvalue weighted by atomic mass is 9.92. The highest BCUT2D eigenvalue weighted by molar-refractivity contribution is 5.91. The first-order valence-corrected chi connectivity index (χ1v) is 5.17. The largest absolute Gasteiger partial charge is 0.381 e. The van der Waals surface area contributed by atoms with Crippen molar-refractivity contribution < 1.29 is 9.53 Å². The van der Waals surface area contributed by atoms with Crippen molar-refractivity contribution in [3.8, 4) is 0 Å². The van der Waals surface area contributed by atoms with Crippen LogP contribution in [0.5, 0.6) is 0 Å². The zero-order chi connectivity index (χ0) is 11.6. The summed E-state index contributed by atoms with van der Waals surface area (Å²) in [6.07, 6.45) is 1.59. The third kappa shape index (κ3) is 2.30. The lowest BCUT2D eigenvalue weighted by Crippen LogP contribution is -2.49. The molecule has 1 aromatic rings. The van der Waals surface area contributed by atoms with Crippen LogP contribution in [0, 0.1) is 0 Å². The van der Waals surface area contributed by atoms with Gasteiger partial charge in [0.05, 0.1) is 0 Å². The molecule has 0 saturated carbocycles. The zero-order valence-corrected chi connectivity index (χ0v) is 9.12. The first kappa shape index (κ1) is 10.9. The van der Waals surface area contributed by atoms with Gasteiger partial charge in [0.2, 0.25) is 11.8 Å². The van der Waals surface area contributed by atoms with Crippen molar-refractivity contribution >= 4 is 11.9 Å². The molecule has 1 fully saturated rings. The highest BCUT2D eigenvalue weighted by atomic mass is 16.5. The van der Waals surface area contributed by atoms with E-state index < -0.39 is 0 Å². The Morgan fingerprint density at radius 3 is 2.81 bits per heavy atom. The Bertz CT molecular complexity index is 383. The third-order valence-corrected chi connectivity index (χ3v) is 2.73. The summed E-state index contributed by atoms with van der Waals surface area (Å²) in [6.45, 7) is 3.32. The standard InChI is InChI=1S/C9H15N5O2/c1-9(2-4-16-5-3-9)12-7(15)6-11-8(10)14-13-6/h2-5H2,1H3,(H,12,15)(H3,10,11,13,14). The maximum atomic E-state index is 11.8. The van der Waals surface area contributed by atoms with Gasteiger partial charge in [0.25, 0.3) is 5.91 Å². The van der Waals surface area contributed by atoms with E-state index in [0.29, 0.717) is 13.2 Å². The number of aromatic amines is 1. The minimum absolute atomic E-state index is 0.0716. The van der Waals surface area contributed by atoms with E-state index in [-0.39, 0.29) is 23.2 Å². The molecule has 2 heterocycles. The average Bonchev–Trinajstić information content (AvgIpc) is 2.65. The number of nitrogens with one attached hydrogen (secondary N) is 2. The second kappa shape index (κ2) is 4.09. The summed E-state index contributed by atoms with van der Waals surface area (Å²) in [6, 6.07) is 0. The van der Waals surface area contributed by atoms with E-state index >= 15 is 0 Å². The Hall–Kier alpha value is -1.63. The minimum atomic E-state index is -0.284. The predicted octanol–water partition coefficient (Wildman–Crippen LogP) is -0.314. The molecule has 1 aliphatic heterocycles. The Morgan fingerprint density at radius 1 is 1.56 bits per heavy atom. The summed E-state index contributed by atoms with van der Waals surface area (Å²) in [5, 5.41) is 9.01. The molecule has 2 rings (SSSR count). The topological polar surface area (TPSA) is 106 Å². The van der Waals surface area contributed by atoms with Crippen molar-refractivity contribution in [2.45, 2.75) is 25.3 Å². The molecule has 0 aliphatic carbocycles. The van der Waals surface area contributed by atoms with Crippen molar-refractivity contribution in [1.82, 2.24) is 20.5 Å². The molecular weight excluding hydrogens is 210 g/mol. The number of hydrogen-bond acceptors (Lipinski definition) is 5. The summed E-state index contributed by atoms with van der Waals surface area (Å²) in [4.78, 5) is 15.6. The lowest BCUT2D eigenvalue weighted by Gasteiger charge is -2.34. The van der Waals surface area contributed by atoms with E-state index in [1.54, 1.807) is 0 Å². The molecule has 7 nitrogen and oxygen atoms in total. The van der Waals surface area contributed by atoms with Crippen molar-refractivity contribution in [3.63, 3.8) is 0 Å². The monoisotopic (exact) mass is 225 g/mol. The number of carbonyl (C=O) groups excluding carboxylic acids is 1. The van der Waals surface area contributed by atoms with E-state index in [9.17, 15) is 4.79 Å². The molecule has 0 spiro atoms. The van der Waals surface area contributed by atoms with Crippen LogP contribution in [0.2, 0.25) is 0 Å². The second-order valence-corrected chi connectivity index (χ2v) is 4.17. The average molecular weight is 225 g/mol. The number of aromatic nitrogens is 3. The van der Waals surface area contributed by atoms with Gasteiger partial charge in [0.15, 0.2) is 0 Å². The molecule has 1 amide bonds. The summed E-state index contributed by atoms with van der Waals surface area (Å²) in [7, 11) is 0. The molecule has 0 atom stereocenters. The normalized spacial score (nSPS) is 19.3. The molecule has 88 valence electrons. The van der Waals surface area contributed by atoms with Crippen LogP contribution >= 0.6 is 0 Å². The molecular formula is C9H15N5O2. The van der Waals surface area contributed by atoms with Crippen LogP contribution < -0.4 is 11.1 Å². The number of nitrogens with two attached hydrogens (primary N) is 1. The number of H-pyrrole nitrogens is 1. The van der Waals surface area contributed by atoms with Gasteiger partial charge in [-0.3, -0.25) is 9.89 Å². The summed E-state index contributed by atoms with van der Waals surface area (Å²) >= 11 is 0. The van der Waals surface area contributed by atoms with Crippen LogP contribution in [0.1, 0.15) is 30.4 Å². The van der Waals surface area contributed by atoms with Gasteiger partial charge in [0.1, 0.15) is 0 Å². The van der Waals surface area contributed by atoms with E-state index in [1.165, 1.54) is 0 Å². The van der Waals surface area contributed by atoms with Crippen molar-refractivity contribution in [2.24, 2.45) is 0 Å². The molecule has 1 aromatic heterocycles. The van der Waals surface area contributed by atoms with Crippen LogP contribution in [-0.4, -0.2) is 39.8 Å². The first-order valence-electron chi connectivity index (χ1n) is 5.17. The summed E-state index contributed by atoms with van der Waals surface area (Å²) in [5.74, 6) is -0.0684. The highest BCUT2D eigenvalue weighted by Crippen LogP contribution is 2.19. The number of amides is 1. The molecule has 7 heteroatoms. The number of hydrogen-bond donors (Lipinski definition) is 3. The van der Waals surface area contributed by atoms with Gasteiger partial charge in [-0.25, -0.2) is 0 Å². The maximum Gasteiger partial charge on any atom is 0.289 e. The van der Waals surface area contributed by atoms with E-state index in [2.05, 4.69) is 20.5 Å². The van der Waals surface area contributed by atoms with Gasteiger partial charge < -0.3 is 15.8 Å². The van der Waals surface area contributed by atoms with Gasteiger partial charge in [-0.1, -0.05) is 0 Å². The third-order valence-electron chi connectivity index (χ3n) is 2.73. The molecule has 0 unspecified atom stereocenters. The smallest absolute Gasteiger partial charge is 0.289 e. The summed E-state index contributed by atoms with van der Waals surface area (Å²) < 4.78 is 5.25. The number of rotatable bonds is 2. The van der Waals surface area contributed by atoms with Crippen molar-refractivity contribution in [1.29, 1.82) is 0 Å². The van der Waals surface area contributed by atoms with Crippen LogP contribution in [0.25, 0.3) is 0 Å². The molecule has 0 aromatic carbocycles. The number of nitrogen functional groups attached to an aromatic ring is 1. The lowest BCUT2D eigenvalue weighted by molar-refractivity contribution is 0.0419. The number of nitrogens with zero attached hydrogens (tertiary/aromatic N) is 2. The number of anilines is 1. The fraction of sp³-hybridized carbons (Fsp3) is 0.667. The van der Waals surface area contributed by atoms with Crippen LogP contribution in [0.15, 0.2) is 0 Å². The fourth-order valence-electron chi connectivity index (χ4n) is 1.66. The van der Waals surface area contributed by atoms with Gasteiger partial charge in [-0.05, 0) is 19.8 Å². The Balaban J connectivity index is 2.01. The van der Waals surface area contributed by atoms with Crippen molar-refractivity contribution in [2.75, 3.05) is 18.9 Å². The van der Waals surface area contributed by atoms with Gasteiger partial charge in [-0.2, -0.15) is 4.98 Å². The predicted molar refractivity (Wildman–Crippen MR) is 56.7 cm³/mol. The maximum absolute atomic E-state index is 11.8. The Kier molecular flexibility index (Phi) is 2.78. The Morgan fingerprint density at radius 2 is 2.25 bits per heavy atom. The van der Waals surface area contributed by atoms with E-state index in [0.717, 1.165) is 12.8 Å². The molecule has 16 heavy (non-hydrogen) atoms. The second-order valence-electron chi connectivity index (χ2n) is 4.17. The molecule has 1 saturated heterocycles. The zero-order valence-electron chi connectivity index (χ0n) is 9.12. The van der Waals surface area contributed by atoms with E-state index in [4.69, 9.17) is 10.5 Å². The SMILES string of the molecule is CC1(NC(=O)c2nc(N)n[nH]2)CCOCC1. The van der Waals surface area contributed by atoms with Crippen molar-refractivity contribution in [3.05, 3.63) is 5.82 Å². The first-order chi connectivity index (χ1) is 7.59. The van der Waals surface area contributed by atoms with Crippen LogP contribution in [0.3, 0.4) is 0 Å². The van der Waals surface area contributed by atoms with Crippen LogP contribution in [0.4, 0.5) is 5.95 Å². The number of ether oxygens (including phenoxy) is 1. The Labute approximate surface area is 92.8 Å². The molecule has 4 N–H and O–H groups in total. The molecule has 0 bridgehead atoms. The minimum Gasteiger partial charge on any atom is -0.381 e. The fourth-order valence-corrected chi connectivity index (χ4v) is 1.66. The molecule has 0 radical (unpaired) electrons. The summed E-state index contributed by atoms with van der Waals surface area (Å²) in [5.41, 5.74) is 5.09. The number of carbonyl (C=O) groups is 1. The van der Waals surface area contributed by atoms with Gasteiger partial charge >= 0.3 is 0 Å². The van der Waals surface area contributed by atoms with E-state index in [1.807, 2.05) is 6.92 Å². The van der Waals surface area contributed by atoms with Gasteiger partial charge in [-0.15, -0.1) is 5.10 Å². The molecule has 1 aliphatic rings. The van der Waals surface area contributed by atoms with Gasteiger partial charge in [0, 0.05) is 18.8 Å². The van der Waals surface area contributed by atoms with Crippen LogP contribution in [-0.2, 0) is 4.74 Å². The highest BCUT2D eigenvalue weighted by Gasteiger charge is 2.30.